The van der Waals surface area contributed by atoms with Crippen LogP contribution in [0, 0.1) is 5.82 Å². The number of aliphatic imine (C=N–C) groups is 1. The predicted octanol–water partition coefficient (Wildman–Crippen LogP) is 3.76. The number of hydrogen-bond donors (Lipinski definition) is 0. The monoisotopic (exact) mass is 283 g/mol. The van der Waals surface area contributed by atoms with Crippen LogP contribution in [0.5, 0.6) is 0 Å². The normalized spacial score (nSPS) is 11.1. The first-order chi connectivity index (χ1) is 10.2. The average molecular weight is 283 g/mol. The number of carbonyl (C=O) groups is 1. The Morgan fingerprint density at radius 2 is 1.86 bits per heavy atom. The molecule has 0 aliphatic carbocycles. The van der Waals surface area contributed by atoms with E-state index in [1.807, 2.05) is 24.3 Å². The van der Waals surface area contributed by atoms with Gasteiger partial charge in [0.15, 0.2) is 0 Å². The van der Waals surface area contributed by atoms with Crippen molar-refractivity contribution >= 4 is 23.9 Å². The number of esters is 1. The van der Waals surface area contributed by atoms with E-state index in [1.165, 1.54) is 25.3 Å². The first kappa shape index (κ1) is 14.7. The summed E-state index contributed by atoms with van der Waals surface area (Å²) in [5.74, 6) is -0.708. The van der Waals surface area contributed by atoms with Crippen LogP contribution < -0.4 is 0 Å². The zero-order chi connectivity index (χ0) is 15.1. The van der Waals surface area contributed by atoms with Crippen LogP contribution in [0.3, 0.4) is 0 Å². The van der Waals surface area contributed by atoms with Crippen molar-refractivity contribution in [2.24, 2.45) is 4.99 Å². The van der Waals surface area contributed by atoms with Crippen molar-refractivity contribution in [3.05, 3.63) is 71.6 Å². The van der Waals surface area contributed by atoms with Gasteiger partial charge in [0.25, 0.3) is 0 Å². The lowest BCUT2D eigenvalue weighted by Gasteiger charge is -2.00. The van der Waals surface area contributed by atoms with Gasteiger partial charge in [-0.25, -0.2) is 9.18 Å². The Morgan fingerprint density at radius 1 is 1.14 bits per heavy atom. The SMILES string of the molecule is COC(=O)/C=C/c1ccccc1N=Cc1ccc(F)cc1. The smallest absolute Gasteiger partial charge is 0.330 e. The summed E-state index contributed by atoms with van der Waals surface area (Å²) >= 11 is 0. The maximum atomic E-state index is 12.8. The van der Waals surface area contributed by atoms with E-state index in [4.69, 9.17) is 0 Å². The van der Waals surface area contributed by atoms with Gasteiger partial charge >= 0.3 is 5.97 Å². The number of ether oxygens (including phenoxy) is 1. The summed E-state index contributed by atoms with van der Waals surface area (Å²) in [7, 11) is 1.32. The van der Waals surface area contributed by atoms with E-state index in [-0.39, 0.29) is 5.82 Å². The molecule has 21 heavy (non-hydrogen) atoms. The molecule has 106 valence electrons. The lowest BCUT2D eigenvalue weighted by atomic mass is 10.1. The van der Waals surface area contributed by atoms with Crippen LogP contribution in [0.2, 0.25) is 0 Å². The minimum Gasteiger partial charge on any atom is -0.466 e. The Balaban J connectivity index is 2.22. The number of hydrogen-bond acceptors (Lipinski definition) is 3. The third-order valence-electron chi connectivity index (χ3n) is 2.76. The van der Waals surface area contributed by atoms with Crippen LogP contribution in [-0.2, 0) is 9.53 Å². The van der Waals surface area contributed by atoms with E-state index < -0.39 is 5.97 Å². The molecule has 0 saturated carbocycles. The van der Waals surface area contributed by atoms with E-state index in [2.05, 4.69) is 9.73 Å². The summed E-state index contributed by atoms with van der Waals surface area (Å²) < 4.78 is 17.4. The molecule has 0 N–H and O–H groups in total. The van der Waals surface area contributed by atoms with Gasteiger partial charge in [0, 0.05) is 17.9 Å². The molecule has 0 bridgehead atoms. The first-order valence-electron chi connectivity index (χ1n) is 6.34. The highest BCUT2D eigenvalue weighted by Crippen LogP contribution is 2.20. The Hall–Kier alpha value is -2.75. The van der Waals surface area contributed by atoms with Crippen LogP contribution >= 0.6 is 0 Å². The molecule has 0 aliphatic rings. The van der Waals surface area contributed by atoms with Gasteiger partial charge in [0.05, 0.1) is 12.8 Å². The van der Waals surface area contributed by atoms with Crippen LogP contribution in [0.1, 0.15) is 11.1 Å². The second-order valence-electron chi connectivity index (χ2n) is 4.23. The van der Waals surface area contributed by atoms with Gasteiger partial charge in [-0.15, -0.1) is 0 Å². The lowest BCUT2D eigenvalue weighted by Crippen LogP contribution is -1.93. The van der Waals surface area contributed by atoms with Crippen molar-refractivity contribution in [3.8, 4) is 0 Å². The minimum atomic E-state index is -0.424. The van der Waals surface area contributed by atoms with Gasteiger partial charge < -0.3 is 4.74 Å². The van der Waals surface area contributed by atoms with E-state index in [1.54, 1.807) is 24.4 Å². The summed E-state index contributed by atoms with van der Waals surface area (Å²) in [6, 6.07) is 13.4. The number of para-hydroxylation sites is 1. The van der Waals surface area contributed by atoms with Gasteiger partial charge in [-0.05, 0) is 29.8 Å². The van der Waals surface area contributed by atoms with E-state index in [9.17, 15) is 9.18 Å². The average Bonchev–Trinajstić information content (AvgIpc) is 2.52. The lowest BCUT2D eigenvalue weighted by molar-refractivity contribution is -0.134. The van der Waals surface area contributed by atoms with Crippen molar-refractivity contribution in [2.45, 2.75) is 0 Å². The van der Waals surface area contributed by atoms with Crippen LogP contribution in [0.4, 0.5) is 10.1 Å². The highest BCUT2D eigenvalue weighted by molar-refractivity contribution is 5.89. The summed E-state index contributed by atoms with van der Waals surface area (Å²) in [5, 5.41) is 0. The van der Waals surface area contributed by atoms with Crippen molar-refractivity contribution in [1.82, 2.24) is 0 Å². The predicted molar refractivity (Wildman–Crippen MR) is 81.1 cm³/mol. The zero-order valence-corrected chi connectivity index (χ0v) is 11.5. The molecule has 4 heteroatoms. The number of halogens is 1. The fourth-order valence-corrected chi connectivity index (χ4v) is 1.66. The highest BCUT2D eigenvalue weighted by atomic mass is 19.1. The molecule has 2 aromatic rings. The number of benzene rings is 2. The number of rotatable bonds is 4. The number of nitrogens with zero attached hydrogens (tertiary/aromatic N) is 1. The maximum Gasteiger partial charge on any atom is 0.330 e. The fraction of sp³-hybridized carbons (Fsp3) is 0.0588. The molecule has 0 spiro atoms. The molecular formula is C17H14FNO2. The minimum absolute atomic E-state index is 0.284. The third kappa shape index (κ3) is 4.38. The van der Waals surface area contributed by atoms with Crippen molar-refractivity contribution in [3.63, 3.8) is 0 Å². The number of carbonyl (C=O) groups excluding carboxylic acids is 1. The standard InChI is InChI=1S/C17H14FNO2/c1-21-17(20)11-8-14-4-2-3-5-16(14)19-12-13-6-9-15(18)10-7-13/h2-12H,1H3/b11-8+,19-12?. The fourth-order valence-electron chi connectivity index (χ4n) is 1.66. The molecular weight excluding hydrogens is 269 g/mol. The molecule has 0 unspecified atom stereocenters. The summed E-state index contributed by atoms with van der Waals surface area (Å²) in [6.45, 7) is 0. The van der Waals surface area contributed by atoms with Gasteiger partial charge in [-0.3, -0.25) is 4.99 Å². The maximum absolute atomic E-state index is 12.8. The van der Waals surface area contributed by atoms with E-state index in [0.29, 0.717) is 5.69 Å². The van der Waals surface area contributed by atoms with Crippen LogP contribution in [-0.4, -0.2) is 19.3 Å². The van der Waals surface area contributed by atoms with E-state index >= 15 is 0 Å². The second kappa shape index (κ2) is 7.14. The molecule has 0 fully saturated rings. The summed E-state index contributed by atoms with van der Waals surface area (Å²) in [4.78, 5) is 15.5. The summed E-state index contributed by atoms with van der Waals surface area (Å²) in [5.41, 5.74) is 2.30. The van der Waals surface area contributed by atoms with Crippen molar-refractivity contribution < 1.29 is 13.9 Å². The molecule has 3 nitrogen and oxygen atoms in total. The second-order valence-corrected chi connectivity index (χ2v) is 4.23. The molecule has 0 saturated heterocycles. The molecule has 0 radical (unpaired) electrons. The van der Waals surface area contributed by atoms with Gasteiger partial charge in [0.1, 0.15) is 5.82 Å². The molecule has 0 aliphatic heterocycles. The molecule has 0 heterocycles. The van der Waals surface area contributed by atoms with E-state index in [0.717, 1.165) is 11.1 Å². The zero-order valence-electron chi connectivity index (χ0n) is 11.5. The summed E-state index contributed by atoms with van der Waals surface area (Å²) in [6.07, 6.45) is 4.62. The Bertz CT molecular complexity index is 675. The quantitative estimate of drug-likeness (QED) is 0.487. The molecule has 0 aromatic heterocycles. The van der Waals surface area contributed by atoms with Crippen LogP contribution in [0.15, 0.2) is 59.6 Å². The van der Waals surface area contributed by atoms with Gasteiger partial charge in [-0.2, -0.15) is 0 Å². The number of methoxy groups -OCH3 is 1. The molecule has 0 amide bonds. The molecule has 2 aromatic carbocycles. The Kier molecular flexibility index (Phi) is 4.99. The molecule has 0 atom stereocenters. The van der Waals surface area contributed by atoms with Gasteiger partial charge in [0.2, 0.25) is 0 Å². The molecule has 2 rings (SSSR count). The first-order valence-corrected chi connectivity index (χ1v) is 6.34. The van der Waals surface area contributed by atoms with Crippen molar-refractivity contribution in [2.75, 3.05) is 7.11 Å². The third-order valence-corrected chi connectivity index (χ3v) is 2.76. The van der Waals surface area contributed by atoms with Gasteiger partial charge in [-0.1, -0.05) is 30.3 Å². The van der Waals surface area contributed by atoms with Crippen molar-refractivity contribution in [1.29, 1.82) is 0 Å². The topological polar surface area (TPSA) is 38.7 Å². The Morgan fingerprint density at radius 3 is 2.57 bits per heavy atom. The van der Waals surface area contributed by atoms with Crippen LogP contribution in [0.25, 0.3) is 6.08 Å². The highest BCUT2D eigenvalue weighted by Gasteiger charge is 1.98. The Labute approximate surface area is 122 Å². The largest absolute Gasteiger partial charge is 0.466 e.